The van der Waals surface area contributed by atoms with Gasteiger partial charge in [0, 0.05) is 6.04 Å². The highest BCUT2D eigenvalue weighted by atomic mass is 16.4. The van der Waals surface area contributed by atoms with Crippen molar-refractivity contribution in [3.05, 3.63) is 0 Å². The Balaban J connectivity index is 1.46. The van der Waals surface area contributed by atoms with E-state index in [-0.39, 0.29) is 6.04 Å². The molecule has 122 valence electrons. The van der Waals surface area contributed by atoms with Crippen LogP contribution in [0.3, 0.4) is 0 Å². The molecule has 2 aliphatic rings. The SMILES string of the molecule is C[C@@H]1CCCN1CCCCCCCN1CCC[C@H]1C(=O)O. The predicted molar refractivity (Wildman–Crippen MR) is 85.6 cm³/mol. The third kappa shape index (κ3) is 5.26. The highest BCUT2D eigenvalue weighted by Crippen LogP contribution is 2.19. The van der Waals surface area contributed by atoms with Crippen molar-refractivity contribution in [2.45, 2.75) is 76.8 Å². The zero-order chi connectivity index (χ0) is 15.1. The highest BCUT2D eigenvalue weighted by Gasteiger charge is 2.29. The Kier molecular flexibility index (Phi) is 6.97. The maximum absolute atomic E-state index is 11.1. The number of carbonyl (C=O) groups is 1. The van der Waals surface area contributed by atoms with Crippen LogP contribution in [0.5, 0.6) is 0 Å². The molecule has 2 rings (SSSR count). The lowest BCUT2D eigenvalue weighted by Gasteiger charge is -2.21. The second-order valence-electron chi connectivity index (χ2n) is 6.83. The summed E-state index contributed by atoms with van der Waals surface area (Å²) in [6.07, 6.45) is 11.0. The number of nitrogens with zero attached hydrogens (tertiary/aromatic N) is 2. The van der Waals surface area contributed by atoms with E-state index in [4.69, 9.17) is 5.11 Å². The second kappa shape index (κ2) is 8.74. The lowest BCUT2D eigenvalue weighted by Crippen LogP contribution is -2.36. The van der Waals surface area contributed by atoms with Crippen LogP contribution in [0.25, 0.3) is 0 Å². The Labute approximate surface area is 129 Å². The van der Waals surface area contributed by atoms with Crippen LogP contribution in [-0.2, 0) is 4.79 Å². The van der Waals surface area contributed by atoms with E-state index in [9.17, 15) is 4.79 Å². The quantitative estimate of drug-likeness (QED) is 0.664. The summed E-state index contributed by atoms with van der Waals surface area (Å²) in [7, 11) is 0. The Morgan fingerprint density at radius 1 is 0.952 bits per heavy atom. The first kappa shape index (κ1) is 16.8. The zero-order valence-corrected chi connectivity index (χ0v) is 13.6. The summed E-state index contributed by atoms with van der Waals surface area (Å²) < 4.78 is 0. The van der Waals surface area contributed by atoms with Crippen LogP contribution in [0.4, 0.5) is 0 Å². The van der Waals surface area contributed by atoms with Gasteiger partial charge in [-0.3, -0.25) is 9.69 Å². The lowest BCUT2D eigenvalue weighted by molar-refractivity contribution is -0.142. The first-order valence-electron chi connectivity index (χ1n) is 8.89. The van der Waals surface area contributed by atoms with Crippen molar-refractivity contribution in [3.63, 3.8) is 0 Å². The lowest BCUT2D eigenvalue weighted by atomic mass is 10.1. The minimum atomic E-state index is -0.632. The van der Waals surface area contributed by atoms with E-state index < -0.39 is 5.97 Å². The van der Waals surface area contributed by atoms with Crippen LogP contribution in [0.2, 0.25) is 0 Å². The fourth-order valence-electron chi connectivity index (χ4n) is 3.86. The smallest absolute Gasteiger partial charge is 0.320 e. The largest absolute Gasteiger partial charge is 0.480 e. The second-order valence-corrected chi connectivity index (χ2v) is 6.83. The van der Waals surface area contributed by atoms with Crippen LogP contribution in [0.1, 0.15) is 64.7 Å². The van der Waals surface area contributed by atoms with E-state index in [2.05, 4.69) is 16.7 Å². The number of hydrogen-bond donors (Lipinski definition) is 1. The highest BCUT2D eigenvalue weighted by molar-refractivity contribution is 5.73. The van der Waals surface area contributed by atoms with Gasteiger partial charge in [0.15, 0.2) is 0 Å². The van der Waals surface area contributed by atoms with E-state index in [1.807, 2.05) is 0 Å². The average Bonchev–Trinajstić information content (AvgIpc) is 3.07. The van der Waals surface area contributed by atoms with Crippen molar-refractivity contribution in [1.29, 1.82) is 0 Å². The van der Waals surface area contributed by atoms with Gasteiger partial charge in [-0.05, 0) is 71.6 Å². The van der Waals surface area contributed by atoms with Crippen LogP contribution in [-0.4, -0.2) is 59.1 Å². The van der Waals surface area contributed by atoms with Crippen LogP contribution in [0, 0.1) is 0 Å². The zero-order valence-electron chi connectivity index (χ0n) is 13.6. The van der Waals surface area contributed by atoms with Crippen molar-refractivity contribution in [1.82, 2.24) is 9.80 Å². The molecule has 0 aliphatic carbocycles. The predicted octanol–water partition coefficient (Wildman–Crippen LogP) is 2.97. The molecule has 1 N–H and O–H groups in total. The average molecular weight is 296 g/mol. The molecule has 2 heterocycles. The summed E-state index contributed by atoms with van der Waals surface area (Å²) in [5.41, 5.74) is 0. The number of aliphatic carboxylic acids is 1. The van der Waals surface area contributed by atoms with Gasteiger partial charge < -0.3 is 10.0 Å². The third-order valence-corrected chi connectivity index (χ3v) is 5.23. The fourth-order valence-corrected chi connectivity index (χ4v) is 3.86. The van der Waals surface area contributed by atoms with E-state index in [1.54, 1.807) is 0 Å². The molecule has 0 spiro atoms. The van der Waals surface area contributed by atoms with E-state index in [0.717, 1.165) is 38.4 Å². The molecule has 0 radical (unpaired) electrons. The molecule has 2 atom stereocenters. The van der Waals surface area contributed by atoms with Crippen molar-refractivity contribution in [2.75, 3.05) is 26.2 Å². The first-order valence-corrected chi connectivity index (χ1v) is 8.89. The molecule has 0 bridgehead atoms. The van der Waals surface area contributed by atoms with Crippen molar-refractivity contribution < 1.29 is 9.90 Å². The molecule has 2 saturated heterocycles. The van der Waals surface area contributed by atoms with Crippen LogP contribution >= 0.6 is 0 Å². The summed E-state index contributed by atoms with van der Waals surface area (Å²) in [5, 5.41) is 9.14. The number of rotatable bonds is 9. The maximum Gasteiger partial charge on any atom is 0.320 e. The van der Waals surface area contributed by atoms with Gasteiger partial charge >= 0.3 is 5.97 Å². The van der Waals surface area contributed by atoms with Crippen LogP contribution in [0.15, 0.2) is 0 Å². The summed E-state index contributed by atoms with van der Waals surface area (Å²) in [6, 6.07) is 0.592. The van der Waals surface area contributed by atoms with Gasteiger partial charge in [0.1, 0.15) is 6.04 Å². The van der Waals surface area contributed by atoms with Crippen LogP contribution < -0.4 is 0 Å². The molecule has 4 nitrogen and oxygen atoms in total. The molecule has 0 saturated carbocycles. The van der Waals surface area contributed by atoms with Gasteiger partial charge in [-0.25, -0.2) is 0 Å². The Morgan fingerprint density at radius 3 is 2.14 bits per heavy atom. The normalized spacial score (nSPS) is 27.5. The molecule has 0 aromatic rings. The van der Waals surface area contributed by atoms with E-state index in [1.165, 1.54) is 51.6 Å². The van der Waals surface area contributed by atoms with Crippen molar-refractivity contribution in [3.8, 4) is 0 Å². The molecule has 0 aromatic carbocycles. The van der Waals surface area contributed by atoms with Gasteiger partial charge in [0.2, 0.25) is 0 Å². The monoisotopic (exact) mass is 296 g/mol. The molecular formula is C17H32N2O2. The Hall–Kier alpha value is -0.610. The first-order chi connectivity index (χ1) is 10.2. The number of likely N-dealkylation sites (tertiary alicyclic amines) is 2. The van der Waals surface area contributed by atoms with Crippen molar-refractivity contribution >= 4 is 5.97 Å². The molecule has 0 amide bonds. The van der Waals surface area contributed by atoms with Gasteiger partial charge in [-0.1, -0.05) is 19.3 Å². The Morgan fingerprint density at radius 2 is 1.52 bits per heavy atom. The minimum Gasteiger partial charge on any atom is -0.480 e. The van der Waals surface area contributed by atoms with Crippen molar-refractivity contribution in [2.24, 2.45) is 0 Å². The third-order valence-electron chi connectivity index (χ3n) is 5.23. The molecule has 0 unspecified atom stereocenters. The Bertz CT molecular complexity index is 322. The number of carboxylic acids is 1. The maximum atomic E-state index is 11.1. The molecule has 0 aromatic heterocycles. The molecule has 2 fully saturated rings. The van der Waals surface area contributed by atoms with Gasteiger partial charge in [-0.2, -0.15) is 0 Å². The van der Waals surface area contributed by atoms with Gasteiger partial charge in [0.05, 0.1) is 0 Å². The number of unbranched alkanes of at least 4 members (excludes halogenated alkanes) is 4. The molecule has 2 aliphatic heterocycles. The topological polar surface area (TPSA) is 43.8 Å². The molecule has 4 heteroatoms. The minimum absolute atomic E-state index is 0.207. The standard InChI is InChI=1S/C17H32N2O2/c1-15-9-7-13-18(15)11-5-3-2-4-6-12-19-14-8-10-16(19)17(20)21/h15-16H,2-14H2,1H3,(H,20,21)/t15-,16+/m1/s1. The summed E-state index contributed by atoms with van der Waals surface area (Å²) in [4.78, 5) is 15.9. The van der Waals surface area contributed by atoms with Gasteiger partial charge in [-0.15, -0.1) is 0 Å². The van der Waals surface area contributed by atoms with E-state index >= 15 is 0 Å². The summed E-state index contributed by atoms with van der Waals surface area (Å²) >= 11 is 0. The molecule has 21 heavy (non-hydrogen) atoms. The number of hydrogen-bond acceptors (Lipinski definition) is 3. The fraction of sp³-hybridized carbons (Fsp3) is 0.941. The van der Waals surface area contributed by atoms with E-state index in [0.29, 0.717) is 0 Å². The molecular weight excluding hydrogens is 264 g/mol. The summed E-state index contributed by atoms with van der Waals surface area (Å²) in [5.74, 6) is -0.632. The number of carboxylic acid groups (broad SMARTS) is 1. The summed E-state index contributed by atoms with van der Waals surface area (Å²) in [6.45, 7) is 6.87. The van der Waals surface area contributed by atoms with Gasteiger partial charge in [0.25, 0.3) is 0 Å².